The quantitative estimate of drug-likeness (QED) is 0.859. The van der Waals surface area contributed by atoms with Crippen LogP contribution in [0.2, 0.25) is 0 Å². The van der Waals surface area contributed by atoms with Gasteiger partial charge >= 0.3 is 0 Å². The third-order valence-corrected chi connectivity index (χ3v) is 4.68. The molecule has 1 amide bonds. The molecule has 0 aliphatic carbocycles. The second-order valence-corrected chi connectivity index (χ2v) is 5.95. The number of anilines is 2. The zero-order valence-electron chi connectivity index (χ0n) is 14.3. The summed E-state index contributed by atoms with van der Waals surface area (Å²) >= 11 is 0. The highest BCUT2D eigenvalue weighted by molar-refractivity contribution is 6.12. The van der Waals surface area contributed by atoms with E-state index < -0.39 is 0 Å². The van der Waals surface area contributed by atoms with Gasteiger partial charge in [-0.15, -0.1) is 0 Å². The Morgan fingerprint density at radius 2 is 1.72 bits per heavy atom. The Morgan fingerprint density at radius 3 is 2.44 bits per heavy atom. The first kappa shape index (κ1) is 15.6. The van der Waals surface area contributed by atoms with E-state index in [1.807, 2.05) is 24.3 Å². The molecule has 2 heterocycles. The fraction of sp³-hybridized carbons (Fsp3) is 0.316. The Kier molecular flexibility index (Phi) is 3.87. The van der Waals surface area contributed by atoms with Crippen LogP contribution in [0.4, 0.5) is 11.4 Å². The van der Waals surface area contributed by atoms with Crippen LogP contribution in [0.3, 0.4) is 0 Å². The van der Waals surface area contributed by atoms with Crippen molar-refractivity contribution in [2.24, 2.45) is 0 Å². The summed E-state index contributed by atoms with van der Waals surface area (Å²) in [6.07, 6.45) is 0. The van der Waals surface area contributed by atoms with Crippen molar-refractivity contribution in [2.45, 2.75) is 0 Å². The van der Waals surface area contributed by atoms with E-state index in [1.165, 1.54) is 0 Å². The maximum absolute atomic E-state index is 13.4. The van der Waals surface area contributed by atoms with Crippen LogP contribution >= 0.6 is 0 Å². The largest absolute Gasteiger partial charge is 0.496 e. The van der Waals surface area contributed by atoms with E-state index in [2.05, 4.69) is 4.90 Å². The van der Waals surface area contributed by atoms with E-state index in [4.69, 9.17) is 14.2 Å². The fourth-order valence-corrected chi connectivity index (χ4v) is 3.51. The second kappa shape index (κ2) is 6.20. The molecule has 0 fully saturated rings. The van der Waals surface area contributed by atoms with Crippen LogP contribution in [0, 0.1) is 0 Å². The summed E-state index contributed by atoms with van der Waals surface area (Å²) in [6.45, 7) is 2.89. The SMILES string of the molecule is COc1cccc(OC)c1C(=O)N1CCN2CCOc3cccc1c32. The summed E-state index contributed by atoms with van der Waals surface area (Å²) in [5.41, 5.74) is 2.29. The van der Waals surface area contributed by atoms with Gasteiger partial charge < -0.3 is 24.0 Å². The minimum atomic E-state index is -0.132. The van der Waals surface area contributed by atoms with Crippen molar-refractivity contribution >= 4 is 17.3 Å². The molecule has 2 aromatic carbocycles. The molecule has 0 saturated heterocycles. The van der Waals surface area contributed by atoms with E-state index in [0.29, 0.717) is 30.2 Å². The van der Waals surface area contributed by atoms with Gasteiger partial charge in [-0.25, -0.2) is 0 Å². The minimum Gasteiger partial charge on any atom is -0.496 e. The molecule has 0 bridgehead atoms. The van der Waals surface area contributed by atoms with Gasteiger partial charge in [0.1, 0.15) is 35.1 Å². The van der Waals surface area contributed by atoms with Crippen LogP contribution in [0.1, 0.15) is 10.4 Å². The lowest BCUT2D eigenvalue weighted by atomic mass is 10.1. The lowest BCUT2D eigenvalue weighted by Gasteiger charge is -2.41. The lowest BCUT2D eigenvalue weighted by Crippen LogP contribution is -2.47. The maximum atomic E-state index is 13.4. The molecule has 25 heavy (non-hydrogen) atoms. The van der Waals surface area contributed by atoms with Crippen molar-refractivity contribution in [2.75, 3.05) is 50.3 Å². The summed E-state index contributed by atoms with van der Waals surface area (Å²) in [4.78, 5) is 17.4. The summed E-state index contributed by atoms with van der Waals surface area (Å²) in [6, 6.07) is 11.2. The van der Waals surface area contributed by atoms with Gasteiger partial charge in [-0.05, 0) is 24.3 Å². The Labute approximate surface area is 146 Å². The summed E-state index contributed by atoms with van der Waals surface area (Å²) in [7, 11) is 3.11. The van der Waals surface area contributed by atoms with Crippen molar-refractivity contribution in [3.05, 3.63) is 42.0 Å². The number of hydrogen-bond donors (Lipinski definition) is 0. The third-order valence-electron chi connectivity index (χ3n) is 4.68. The number of ether oxygens (including phenoxy) is 3. The van der Waals surface area contributed by atoms with E-state index in [1.54, 1.807) is 31.3 Å². The second-order valence-electron chi connectivity index (χ2n) is 5.95. The topological polar surface area (TPSA) is 51.2 Å². The van der Waals surface area contributed by atoms with E-state index in [-0.39, 0.29) is 5.91 Å². The monoisotopic (exact) mass is 340 g/mol. The molecule has 0 radical (unpaired) electrons. The molecule has 0 atom stereocenters. The smallest absolute Gasteiger partial charge is 0.265 e. The molecule has 6 heteroatoms. The molecule has 0 unspecified atom stereocenters. The highest BCUT2D eigenvalue weighted by Gasteiger charge is 2.33. The normalized spacial score (nSPS) is 15.3. The molecule has 130 valence electrons. The summed E-state index contributed by atoms with van der Waals surface area (Å²) in [5, 5.41) is 0. The van der Waals surface area contributed by atoms with Gasteiger partial charge in [0.2, 0.25) is 0 Å². The standard InChI is InChI=1S/C19H20N2O4/c1-23-14-6-4-7-15(24-2)17(14)19(22)21-10-9-20-11-12-25-16-8-3-5-13(21)18(16)20/h3-8H,9-12H2,1-2H3. The number of carbonyl (C=O) groups excluding carboxylic acids is 1. The molecule has 6 nitrogen and oxygen atoms in total. The first-order valence-electron chi connectivity index (χ1n) is 8.28. The van der Waals surface area contributed by atoms with E-state index in [0.717, 1.165) is 30.2 Å². The van der Waals surface area contributed by atoms with Crippen molar-refractivity contribution in [3.63, 3.8) is 0 Å². The van der Waals surface area contributed by atoms with Gasteiger partial charge in [0.05, 0.1) is 26.5 Å². The predicted molar refractivity (Wildman–Crippen MR) is 95.4 cm³/mol. The molecule has 4 rings (SSSR count). The van der Waals surface area contributed by atoms with Gasteiger partial charge in [-0.2, -0.15) is 0 Å². The number of hydrogen-bond acceptors (Lipinski definition) is 5. The van der Waals surface area contributed by atoms with Gasteiger partial charge in [0.15, 0.2) is 0 Å². The molecule has 2 aromatic rings. The number of carbonyl (C=O) groups is 1. The summed E-state index contributed by atoms with van der Waals surface area (Å²) < 4.78 is 16.6. The summed E-state index contributed by atoms with van der Waals surface area (Å²) in [5.74, 6) is 1.71. The van der Waals surface area contributed by atoms with Crippen molar-refractivity contribution < 1.29 is 19.0 Å². The molecule has 0 saturated carbocycles. The van der Waals surface area contributed by atoms with Crippen molar-refractivity contribution in [1.82, 2.24) is 0 Å². The highest BCUT2D eigenvalue weighted by Crippen LogP contribution is 2.44. The number of amides is 1. The maximum Gasteiger partial charge on any atom is 0.265 e. The van der Waals surface area contributed by atoms with E-state index >= 15 is 0 Å². The number of rotatable bonds is 3. The van der Waals surface area contributed by atoms with Crippen molar-refractivity contribution in [1.29, 1.82) is 0 Å². The number of nitrogens with zero attached hydrogens (tertiary/aromatic N) is 2. The van der Waals surface area contributed by atoms with Gasteiger partial charge in [-0.1, -0.05) is 12.1 Å². The Hall–Kier alpha value is -2.89. The number of para-hydroxylation sites is 1. The van der Waals surface area contributed by atoms with Crippen molar-refractivity contribution in [3.8, 4) is 17.2 Å². The van der Waals surface area contributed by atoms with Crippen LogP contribution in [-0.2, 0) is 0 Å². The average molecular weight is 340 g/mol. The minimum absolute atomic E-state index is 0.132. The molecule has 0 N–H and O–H groups in total. The predicted octanol–water partition coefficient (Wildman–Crippen LogP) is 2.56. The number of benzene rings is 2. The molecule has 0 aromatic heterocycles. The fourth-order valence-electron chi connectivity index (χ4n) is 3.51. The Morgan fingerprint density at radius 1 is 1.00 bits per heavy atom. The molecular weight excluding hydrogens is 320 g/mol. The third kappa shape index (κ3) is 2.45. The molecule has 2 aliphatic rings. The van der Waals surface area contributed by atoms with Crippen LogP contribution in [0.15, 0.2) is 36.4 Å². The zero-order valence-corrected chi connectivity index (χ0v) is 14.3. The first-order valence-corrected chi connectivity index (χ1v) is 8.28. The zero-order chi connectivity index (χ0) is 17.4. The van der Waals surface area contributed by atoms with Gasteiger partial charge in [-0.3, -0.25) is 4.79 Å². The van der Waals surface area contributed by atoms with E-state index in [9.17, 15) is 4.79 Å². The highest BCUT2D eigenvalue weighted by atomic mass is 16.5. The van der Waals surface area contributed by atoms with Gasteiger partial charge in [0.25, 0.3) is 5.91 Å². The number of methoxy groups -OCH3 is 2. The molecule has 0 spiro atoms. The molecular formula is C19H20N2O4. The average Bonchev–Trinajstić information content (AvgIpc) is 2.67. The molecule has 2 aliphatic heterocycles. The Bertz CT molecular complexity index is 799. The Balaban J connectivity index is 1.80. The van der Waals surface area contributed by atoms with Gasteiger partial charge in [0, 0.05) is 13.1 Å². The lowest BCUT2D eigenvalue weighted by molar-refractivity contribution is 0.0980. The van der Waals surface area contributed by atoms with Crippen LogP contribution in [0.5, 0.6) is 17.2 Å². The van der Waals surface area contributed by atoms with Crippen LogP contribution in [0.25, 0.3) is 0 Å². The first-order chi connectivity index (χ1) is 12.2. The van der Waals surface area contributed by atoms with Crippen LogP contribution in [-0.4, -0.2) is 46.4 Å². The van der Waals surface area contributed by atoms with Crippen LogP contribution < -0.4 is 24.0 Å².